The van der Waals surface area contributed by atoms with Crippen molar-refractivity contribution in [3.63, 3.8) is 0 Å². The molecular formula is C16H19ClN2O2. The van der Waals surface area contributed by atoms with Gasteiger partial charge in [0.1, 0.15) is 0 Å². The van der Waals surface area contributed by atoms with Crippen LogP contribution in [-0.2, 0) is 6.42 Å². The Hall–Kier alpha value is -1.55. The summed E-state index contributed by atoms with van der Waals surface area (Å²) in [6.07, 6.45) is 5.73. The Balaban J connectivity index is 2.08. The summed E-state index contributed by atoms with van der Waals surface area (Å²) in [7, 11) is 1.66. The number of nitrogens with zero attached hydrogens (tertiary/aromatic N) is 2. The van der Waals surface area contributed by atoms with Gasteiger partial charge in [0, 0.05) is 10.8 Å². The zero-order chi connectivity index (χ0) is 14.8. The number of rotatable bonds is 4. The molecule has 1 saturated carbocycles. The Kier molecular flexibility index (Phi) is 4.15. The maximum Gasteiger partial charge on any atom is 0.162 e. The number of hydrogen-bond acceptors (Lipinski definition) is 4. The van der Waals surface area contributed by atoms with Gasteiger partial charge >= 0.3 is 0 Å². The molecule has 0 N–H and O–H groups in total. The van der Waals surface area contributed by atoms with Gasteiger partial charge in [-0.1, -0.05) is 18.5 Å². The van der Waals surface area contributed by atoms with Crippen molar-refractivity contribution in [3.8, 4) is 11.5 Å². The summed E-state index contributed by atoms with van der Waals surface area (Å²) in [6, 6.07) is 3.89. The first kappa shape index (κ1) is 14.4. The lowest BCUT2D eigenvalue weighted by Gasteiger charge is -2.17. The molecule has 0 bridgehead atoms. The van der Waals surface area contributed by atoms with E-state index in [4.69, 9.17) is 21.1 Å². The average molecular weight is 307 g/mol. The Morgan fingerprint density at radius 3 is 2.52 bits per heavy atom. The quantitative estimate of drug-likeness (QED) is 0.850. The fraction of sp³-hybridized carbons (Fsp3) is 0.500. The van der Waals surface area contributed by atoms with Gasteiger partial charge in [-0.3, -0.25) is 0 Å². The number of halogens is 1. The van der Waals surface area contributed by atoms with Crippen molar-refractivity contribution < 1.29 is 9.47 Å². The van der Waals surface area contributed by atoms with Crippen LogP contribution in [0.2, 0.25) is 5.15 Å². The fourth-order valence-electron chi connectivity index (χ4n) is 2.88. The second-order valence-electron chi connectivity index (χ2n) is 5.36. The maximum absolute atomic E-state index is 6.20. The van der Waals surface area contributed by atoms with Crippen molar-refractivity contribution in [3.05, 3.63) is 23.0 Å². The van der Waals surface area contributed by atoms with E-state index in [9.17, 15) is 0 Å². The molecule has 3 rings (SSSR count). The first-order chi connectivity index (χ1) is 10.2. The van der Waals surface area contributed by atoms with E-state index >= 15 is 0 Å². The number of aryl methyl sites for hydroxylation is 1. The van der Waals surface area contributed by atoms with Gasteiger partial charge in [0.25, 0.3) is 0 Å². The molecule has 1 fully saturated rings. The molecule has 1 heterocycles. The van der Waals surface area contributed by atoms with Gasteiger partial charge in [0.2, 0.25) is 0 Å². The molecule has 21 heavy (non-hydrogen) atoms. The largest absolute Gasteiger partial charge is 0.493 e. The highest BCUT2D eigenvalue weighted by molar-refractivity contribution is 6.34. The Bertz CT molecular complexity index is 654. The van der Waals surface area contributed by atoms with E-state index in [-0.39, 0.29) is 6.10 Å². The summed E-state index contributed by atoms with van der Waals surface area (Å²) >= 11 is 6.20. The molecule has 0 saturated heterocycles. The van der Waals surface area contributed by atoms with Crippen LogP contribution in [0.5, 0.6) is 11.5 Å². The second-order valence-corrected chi connectivity index (χ2v) is 5.72. The van der Waals surface area contributed by atoms with Crippen molar-refractivity contribution in [2.24, 2.45) is 0 Å². The van der Waals surface area contributed by atoms with Crippen LogP contribution in [0.3, 0.4) is 0 Å². The number of ether oxygens (including phenoxy) is 2. The van der Waals surface area contributed by atoms with Gasteiger partial charge in [0.05, 0.1) is 18.9 Å². The van der Waals surface area contributed by atoms with Gasteiger partial charge in [-0.15, -0.1) is 5.10 Å². The van der Waals surface area contributed by atoms with E-state index in [1.807, 2.05) is 19.1 Å². The van der Waals surface area contributed by atoms with Crippen molar-refractivity contribution in [2.75, 3.05) is 7.11 Å². The number of hydrogen-bond donors (Lipinski definition) is 0. The lowest BCUT2D eigenvalue weighted by molar-refractivity contribution is 0.201. The highest BCUT2D eigenvalue weighted by Gasteiger charge is 2.20. The Morgan fingerprint density at radius 1 is 1.14 bits per heavy atom. The molecule has 5 heteroatoms. The first-order valence-corrected chi connectivity index (χ1v) is 7.80. The molecule has 0 spiro atoms. The predicted octanol–water partition coefficient (Wildman–Crippen LogP) is 4.18. The summed E-state index contributed by atoms with van der Waals surface area (Å²) < 4.78 is 11.6. The summed E-state index contributed by atoms with van der Waals surface area (Å²) in [5, 5.41) is 10.4. The van der Waals surface area contributed by atoms with Crippen LogP contribution in [0.15, 0.2) is 12.1 Å². The van der Waals surface area contributed by atoms with E-state index < -0.39 is 0 Å². The molecule has 0 radical (unpaired) electrons. The number of fused-ring (bicyclic) bond motifs is 1. The topological polar surface area (TPSA) is 44.2 Å². The van der Waals surface area contributed by atoms with Crippen molar-refractivity contribution in [1.29, 1.82) is 0 Å². The molecule has 2 aromatic rings. The molecule has 1 aromatic heterocycles. The van der Waals surface area contributed by atoms with Crippen molar-refractivity contribution in [1.82, 2.24) is 10.2 Å². The van der Waals surface area contributed by atoms with Crippen molar-refractivity contribution >= 4 is 22.4 Å². The maximum atomic E-state index is 6.20. The second kappa shape index (κ2) is 6.06. The Morgan fingerprint density at radius 2 is 1.86 bits per heavy atom. The molecule has 1 aromatic carbocycles. The van der Waals surface area contributed by atoms with Crippen LogP contribution in [0.1, 0.15) is 38.3 Å². The highest BCUT2D eigenvalue weighted by atomic mass is 35.5. The monoisotopic (exact) mass is 306 g/mol. The van der Waals surface area contributed by atoms with E-state index in [1.54, 1.807) is 7.11 Å². The lowest BCUT2D eigenvalue weighted by atomic mass is 10.1. The number of aromatic nitrogens is 2. The molecule has 1 aliphatic carbocycles. The molecule has 0 aliphatic heterocycles. The standard InChI is InChI=1S/C16H19ClN2O2/c1-3-13-11-8-14(20-2)15(21-10-6-4-5-7-10)9-12(11)16(17)19-18-13/h8-10H,3-7H2,1-2H3. The Labute approximate surface area is 129 Å². The highest BCUT2D eigenvalue weighted by Crippen LogP contribution is 2.37. The van der Waals surface area contributed by atoms with Crippen LogP contribution >= 0.6 is 11.6 Å². The summed E-state index contributed by atoms with van der Waals surface area (Å²) in [5.74, 6) is 1.47. The third kappa shape index (κ3) is 2.77. The molecule has 0 unspecified atom stereocenters. The number of benzene rings is 1. The zero-order valence-electron chi connectivity index (χ0n) is 12.4. The van der Waals surface area contributed by atoms with Gasteiger partial charge in [-0.25, -0.2) is 0 Å². The third-order valence-corrected chi connectivity index (χ3v) is 4.31. The van der Waals surface area contributed by atoms with Crippen LogP contribution in [0.25, 0.3) is 10.8 Å². The molecule has 1 aliphatic rings. The van der Waals surface area contributed by atoms with Crippen molar-refractivity contribution in [2.45, 2.75) is 45.1 Å². The van der Waals surface area contributed by atoms with E-state index in [1.165, 1.54) is 12.8 Å². The predicted molar refractivity (Wildman–Crippen MR) is 83.4 cm³/mol. The fourth-order valence-corrected chi connectivity index (χ4v) is 3.07. The lowest BCUT2D eigenvalue weighted by Crippen LogP contribution is -2.11. The molecule has 112 valence electrons. The molecular weight excluding hydrogens is 288 g/mol. The summed E-state index contributed by atoms with van der Waals surface area (Å²) in [6.45, 7) is 2.05. The van der Waals surface area contributed by atoms with E-state index in [0.29, 0.717) is 5.15 Å². The normalized spacial score (nSPS) is 15.6. The average Bonchev–Trinajstić information content (AvgIpc) is 3.00. The van der Waals surface area contributed by atoms with Gasteiger partial charge in [0.15, 0.2) is 16.7 Å². The summed E-state index contributed by atoms with van der Waals surface area (Å²) in [5.41, 5.74) is 0.917. The van der Waals surface area contributed by atoms with Gasteiger partial charge in [-0.05, 0) is 44.2 Å². The molecule has 0 atom stereocenters. The van der Waals surface area contributed by atoms with Crippen LogP contribution in [-0.4, -0.2) is 23.4 Å². The van der Waals surface area contributed by atoms with E-state index in [2.05, 4.69) is 10.2 Å². The first-order valence-electron chi connectivity index (χ1n) is 7.42. The van der Waals surface area contributed by atoms with Crippen LogP contribution in [0, 0.1) is 0 Å². The third-order valence-electron chi connectivity index (χ3n) is 4.03. The SMILES string of the molecule is CCc1nnc(Cl)c2cc(OC3CCCC3)c(OC)cc12. The minimum absolute atomic E-state index is 0.274. The van der Waals surface area contributed by atoms with Crippen LogP contribution < -0.4 is 9.47 Å². The zero-order valence-corrected chi connectivity index (χ0v) is 13.1. The minimum Gasteiger partial charge on any atom is -0.493 e. The molecule has 0 amide bonds. The molecule has 4 nitrogen and oxygen atoms in total. The number of methoxy groups -OCH3 is 1. The van der Waals surface area contributed by atoms with Gasteiger partial charge < -0.3 is 9.47 Å². The van der Waals surface area contributed by atoms with E-state index in [0.717, 1.165) is 47.2 Å². The van der Waals surface area contributed by atoms with Crippen LogP contribution in [0.4, 0.5) is 0 Å². The minimum atomic E-state index is 0.274. The smallest absolute Gasteiger partial charge is 0.162 e. The van der Waals surface area contributed by atoms with Gasteiger partial charge in [-0.2, -0.15) is 5.10 Å². The summed E-state index contributed by atoms with van der Waals surface area (Å²) in [4.78, 5) is 0.